The topological polar surface area (TPSA) is 56.7 Å². The first-order valence-electron chi connectivity index (χ1n) is 8.03. The van der Waals surface area contributed by atoms with Gasteiger partial charge < -0.3 is 5.73 Å². The molecule has 0 spiro atoms. The number of benzene rings is 1. The smallest absolute Gasteiger partial charge is 0.100 e. The van der Waals surface area contributed by atoms with Crippen molar-refractivity contribution in [3.05, 3.63) is 42.2 Å². The Kier molecular flexibility index (Phi) is 4.34. The van der Waals surface area contributed by atoms with Crippen LogP contribution in [0.2, 0.25) is 0 Å². The van der Waals surface area contributed by atoms with Gasteiger partial charge in [-0.2, -0.15) is 15.0 Å². The highest BCUT2D eigenvalue weighted by atomic mass is 15.5. The molecule has 21 heavy (non-hydrogen) atoms. The molecule has 0 bridgehead atoms. The Labute approximate surface area is 126 Å². The lowest BCUT2D eigenvalue weighted by molar-refractivity contribution is 0.194. The lowest BCUT2D eigenvalue weighted by Gasteiger charge is -2.34. The summed E-state index contributed by atoms with van der Waals surface area (Å²) >= 11 is 0. The van der Waals surface area contributed by atoms with Gasteiger partial charge in [0.15, 0.2) is 0 Å². The van der Waals surface area contributed by atoms with Crippen LogP contribution < -0.4 is 5.73 Å². The van der Waals surface area contributed by atoms with Crippen LogP contribution in [0.15, 0.2) is 36.5 Å². The second-order valence-electron chi connectivity index (χ2n) is 6.04. The highest BCUT2D eigenvalue weighted by molar-refractivity contribution is 5.28. The van der Waals surface area contributed by atoms with E-state index in [0.717, 1.165) is 17.3 Å². The summed E-state index contributed by atoms with van der Waals surface area (Å²) in [6, 6.07) is 10.00. The van der Waals surface area contributed by atoms with Crippen LogP contribution >= 0.6 is 0 Å². The molecule has 0 saturated heterocycles. The number of rotatable bonds is 4. The molecule has 1 heterocycles. The van der Waals surface area contributed by atoms with Crippen LogP contribution in [0.3, 0.4) is 0 Å². The maximum Gasteiger partial charge on any atom is 0.100 e. The van der Waals surface area contributed by atoms with Gasteiger partial charge in [-0.1, -0.05) is 50.8 Å². The molecule has 1 saturated carbocycles. The third kappa shape index (κ3) is 3.00. The number of hydrogen-bond acceptors (Lipinski definition) is 3. The maximum atomic E-state index is 6.51. The van der Waals surface area contributed by atoms with Crippen LogP contribution in [0, 0.1) is 11.8 Å². The Morgan fingerprint density at radius 3 is 2.76 bits per heavy atom. The molecule has 1 fully saturated rings. The van der Waals surface area contributed by atoms with Crippen LogP contribution in [0.25, 0.3) is 5.69 Å². The Bertz CT molecular complexity index is 563. The van der Waals surface area contributed by atoms with Crippen molar-refractivity contribution in [2.75, 3.05) is 0 Å². The van der Waals surface area contributed by atoms with Crippen molar-refractivity contribution < 1.29 is 0 Å². The summed E-state index contributed by atoms with van der Waals surface area (Å²) in [7, 11) is 0. The van der Waals surface area contributed by atoms with E-state index in [0.29, 0.717) is 5.92 Å². The maximum absolute atomic E-state index is 6.51. The average Bonchev–Trinajstić information content (AvgIpc) is 3.05. The summed E-state index contributed by atoms with van der Waals surface area (Å²) < 4.78 is 0. The Hall–Kier alpha value is -1.68. The van der Waals surface area contributed by atoms with Gasteiger partial charge in [-0.3, -0.25) is 0 Å². The number of para-hydroxylation sites is 1. The molecule has 3 unspecified atom stereocenters. The highest BCUT2D eigenvalue weighted by Gasteiger charge is 2.31. The molecule has 3 atom stereocenters. The Morgan fingerprint density at radius 1 is 1.24 bits per heavy atom. The molecule has 1 aliphatic carbocycles. The standard InChI is InChI=1S/C17H24N4/c1-2-13-8-6-7-11-15(13)17(18)16-12-19-21(20-16)14-9-4-3-5-10-14/h3-5,9-10,12-13,15,17H,2,6-8,11,18H2,1H3. The summed E-state index contributed by atoms with van der Waals surface area (Å²) in [5, 5.41) is 8.98. The van der Waals surface area contributed by atoms with Crippen LogP contribution in [-0.4, -0.2) is 15.0 Å². The van der Waals surface area contributed by atoms with Gasteiger partial charge in [0.05, 0.1) is 17.9 Å². The zero-order valence-electron chi connectivity index (χ0n) is 12.7. The number of nitrogens with zero attached hydrogens (tertiary/aromatic N) is 3. The van der Waals surface area contributed by atoms with Gasteiger partial charge in [-0.25, -0.2) is 0 Å². The lowest BCUT2D eigenvalue weighted by atomic mass is 9.73. The van der Waals surface area contributed by atoms with Gasteiger partial charge in [0.25, 0.3) is 0 Å². The zero-order chi connectivity index (χ0) is 14.7. The van der Waals surface area contributed by atoms with Gasteiger partial charge in [0, 0.05) is 0 Å². The molecule has 1 aliphatic rings. The fourth-order valence-electron chi connectivity index (χ4n) is 3.55. The van der Waals surface area contributed by atoms with E-state index in [9.17, 15) is 0 Å². The van der Waals surface area contributed by atoms with Crippen molar-refractivity contribution in [2.45, 2.75) is 45.1 Å². The fraction of sp³-hybridized carbons (Fsp3) is 0.529. The normalized spacial score (nSPS) is 23.9. The van der Waals surface area contributed by atoms with E-state index >= 15 is 0 Å². The number of hydrogen-bond donors (Lipinski definition) is 1. The number of aromatic nitrogens is 3. The fourth-order valence-corrected chi connectivity index (χ4v) is 3.55. The Balaban J connectivity index is 1.79. The molecule has 1 aromatic carbocycles. The van der Waals surface area contributed by atoms with Crippen molar-refractivity contribution in [3.63, 3.8) is 0 Å². The highest BCUT2D eigenvalue weighted by Crippen LogP contribution is 2.38. The molecular weight excluding hydrogens is 260 g/mol. The molecule has 0 amide bonds. The van der Waals surface area contributed by atoms with E-state index in [1.54, 1.807) is 4.80 Å². The minimum Gasteiger partial charge on any atom is -0.322 e. The van der Waals surface area contributed by atoms with Gasteiger partial charge >= 0.3 is 0 Å². The van der Waals surface area contributed by atoms with Gasteiger partial charge in [-0.15, -0.1) is 0 Å². The summed E-state index contributed by atoms with van der Waals surface area (Å²) in [5.74, 6) is 1.28. The molecule has 3 rings (SSSR count). The molecule has 2 N–H and O–H groups in total. The van der Waals surface area contributed by atoms with Crippen LogP contribution in [0.5, 0.6) is 0 Å². The Morgan fingerprint density at radius 2 is 2.00 bits per heavy atom. The monoisotopic (exact) mass is 284 g/mol. The van der Waals surface area contributed by atoms with Gasteiger partial charge in [0.2, 0.25) is 0 Å². The predicted molar refractivity (Wildman–Crippen MR) is 84.0 cm³/mol. The van der Waals surface area contributed by atoms with Gasteiger partial charge in [0.1, 0.15) is 5.69 Å². The first kappa shape index (κ1) is 14.3. The zero-order valence-corrected chi connectivity index (χ0v) is 12.7. The van der Waals surface area contributed by atoms with Crippen molar-refractivity contribution >= 4 is 0 Å². The van der Waals surface area contributed by atoms with E-state index in [-0.39, 0.29) is 6.04 Å². The van der Waals surface area contributed by atoms with Gasteiger partial charge in [-0.05, 0) is 30.4 Å². The molecule has 112 valence electrons. The summed E-state index contributed by atoms with van der Waals surface area (Å²) in [6.07, 6.45) is 8.21. The third-order valence-corrected chi connectivity index (χ3v) is 4.79. The molecule has 0 radical (unpaired) electrons. The summed E-state index contributed by atoms with van der Waals surface area (Å²) in [6.45, 7) is 2.27. The summed E-state index contributed by atoms with van der Waals surface area (Å²) in [4.78, 5) is 1.68. The van der Waals surface area contributed by atoms with E-state index < -0.39 is 0 Å². The van der Waals surface area contributed by atoms with Crippen LogP contribution in [-0.2, 0) is 0 Å². The average molecular weight is 284 g/mol. The first-order valence-corrected chi connectivity index (χ1v) is 8.03. The molecule has 1 aromatic heterocycles. The van der Waals surface area contributed by atoms with E-state index in [1.807, 2.05) is 36.5 Å². The minimum absolute atomic E-state index is 0.00714. The molecular formula is C17H24N4. The van der Waals surface area contributed by atoms with Crippen molar-refractivity contribution in [1.29, 1.82) is 0 Å². The first-order chi connectivity index (χ1) is 10.3. The second-order valence-corrected chi connectivity index (χ2v) is 6.04. The van der Waals surface area contributed by atoms with Crippen LogP contribution in [0.4, 0.5) is 0 Å². The SMILES string of the molecule is CCC1CCCCC1C(N)c1cnn(-c2ccccc2)n1. The van der Waals surface area contributed by atoms with Crippen molar-refractivity contribution in [3.8, 4) is 5.69 Å². The molecule has 0 aliphatic heterocycles. The summed E-state index contributed by atoms with van der Waals surface area (Å²) in [5.41, 5.74) is 8.41. The van der Waals surface area contributed by atoms with Crippen molar-refractivity contribution in [1.82, 2.24) is 15.0 Å². The molecule has 4 heteroatoms. The second kappa shape index (κ2) is 6.39. The predicted octanol–water partition coefficient (Wildman–Crippen LogP) is 3.48. The van der Waals surface area contributed by atoms with E-state index in [1.165, 1.54) is 32.1 Å². The lowest BCUT2D eigenvalue weighted by Crippen LogP contribution is -2.30. The largest absolute Gasteiger partial charge is 0.322 e. The molecule has 2 aromatic rings. The van der Waals surface area contributed by atoms with E-state index in [4.69, 9.17) is 5.73 Å². The molecule has 4 nitrogen and oxygen atoms in total. The van der Waals surface area contributed by atoms with Crippen LogP contribution in [0.1, 0.15) is 50.8 Å². The minimum atomic E-state index is 0.00714. The quantitative estimate of drug-likeness (QED) is 0.935. The van der Waals surface area contributed by atoms with E-state index in [2.05, 4.69) is 17.1 Å². The van der Waals surface area contributed by atoms with Crippen molar-refractivity contribution in [2.24, 2.45) is 17.6 Å². The number of nitrogens with two attached hydrogens (primary N) is 1. The third-order valence-electron chi connectivity index (χ3n) is 4.79.